The van der Waals surface area contributed by atoms with Crippen LogP contribution in [-0.2, 0) is 6.61 Å². The first-order chi connectivity index (χ1) is 9.02. The predicted molar refractivity (Wildman–Crippen MR) is 76.6 cm³/mol. The Morgan fingerprint density at radius 1 is 1.21 bits per heavy atom. The van der Waals surface area contributed by atoms with Crippen LogP contribution < -0.4 is 4.74 Å². The van der Waals surface area contributed by atoms with E-state index in [9.17, 15) is 9.50 Å². The molecule has 100 valence electrons. The minimum absolute atomic E-state index is 0.0132. The summed E-state index contributed by atoms with van der Waals surface area (Å²) in [6, 6.07) is 7.52. The van der Waals surface area contributed by atoms with Crippen molar-refractivity contribution in [3.8, 4) is 11.5 Å². The smallest absolute Gasteiger partial charge is 0.151 e. The molecular weight excluding hydrogens is 358 g/mol. The van der Waals surface area contributed by atoms with Gasteiger partial charge in [0.1, 0.15) is 11.6 Å². The lowest BCUT2D eigenvalue weighted by Gasteiger charge is -2.13. The predicted octanol–water partition coefficient (Wildman–Crippen LogP) is 5.18. The molecule has 0 heterocycles. The number of aliphatic hydroxyl groups excluding tert-OH is 1. The van der Waals surface area contributed by atoms with Crippen molar-refractivity contribution in [1.82, 2.24) is 0 Å². The van der Waals surface area contributed by atoms with Crippen LogP contribution in [0.25, 0.3) is 0 Å². The van der Waals surface area contributed by atoms with Crippen LogP contribution in [0.15, 0.2) is 34.8 Å². The summed E-state index contributed by atoms with van der Waals surface area (Å²) in [7, 11) is 0. The Morgan fingerprint density at radius 2 is 1.95 bits per heavy atom. The third kappa shape index (κ3) is 3.20. The second-order valence-corrected chi connectivity index (χ2v) is 5.35. The van der Waals surface area contributed by atoms with Gasteiger partial charge in [-0.25, -0.2) is 4.39 Å². The van der Waals surface area contributed by atoms with Gasteiger partial charge in [0.15, 0.2) is 5.75 Å². The lowest BCUT2D eigenvalue weighted by Crippen LogP contribution is -1.94. The molecule has 0 saturated carbocycles. The zero-order valence-corrected chi connectivity index (χ0v) is 12.6. The van der Waals surface area contributed by atoms with E-state index < -0.39 is 5.82 Å². The van der Waals surface area contributed by atoms with E-state index >= 15 is 0 Å². The second-order valence-electron chi connectivity index (χ2n) is 3.68. The van der Waals surface area contributed by atoms with E-state index in [1.54, 1.807) is 18.2 Å². The zero-order chi connectivity index (χ0) is 14.0. The molecule has 0 unspecified atom stereocenters. The summed E-state index contributed by atoms with van der Waals surface area (Å²) in [4.78, 5) is 0. The van der Waals surface area contributed by atoms with Crippen LogP contribution in [0.4, 0.5) is 4.39 Å². The van der Waals surface area contributed by atoms with Crippen molar-refractivity contribution in [2.45, 2.75) is 6.61 Å². The highest BCUT2D eigenvalue weighted by Gasteiger charge is 2.13. The number of benzene rings is 2. The van der Waals surface area contributed by atoms with Gasteiger partial charge in [-0.15, -0.1) is 0 Å². The first-order valence-electron chi connectivity index (χ1n) is 5.23. The summed E-state index contributed by atoms with van der Waals surface area (Å²) in [5, 5.41) is 9.56. The molecule has 0 bridgehead atoms. The van der Waals surface area contributed by atoms with Crippen LogP contribution in [-0.4, -0.2) is 5.11 Å². The van der Waals surface area contributed by atoms with E-state index in [2.05, 4.69) is 15.9 Å². The quantitative estimate of drug-likeness (QED) is 0.759. The molecule has 0 saturated heterocycles. The molecule has 0 radical (unpaired) electrons. The summed E-state index contributed by atoms with van der Waals surface area (Å²) in [6.45, 7) is -0.233. The van der Waals surface area contributed by atoms with Gasteiger partial charge in [0.05, 0.1) is 21.1 Å². The molecule has 2 aromatic carbocycles. The number of hydrogen-bond acceptors (Lipinski definition) is 2. The fourth-order valence-electron chi connectivity index (χ4n) is 1.48. The summed E-state index contributed by atoms with van der Waals surface area (Å²) < 4.78 is 19.5. The van der Waals surface area contributed by atoms with Crippen molar-refractivity contribution in [3.63, 3.8) is 0 Å². The van der Waals surface area contributed by atoms with E-state index in [0.29, 0.717) is 15.1 Å². The average molecular weight is 366 g/mol. The number of aliphatic hydroxyl groups is 1. The number of para-hydroxylation sites is 1. The fraction of sp³-hybridized carbons (Fsp3) is 0.0769. The number of halogens is 4. The molecule has 0 amide bonds. The lowest BCUT2D eigenvalue weighted by molar-refractivity contribution is 0.276. The Morgan fingerprint density at radius 3 is 2.63 bits per heavy atom. The Balaban J connectivity index is 2.44. The topological polar surface area (TPSA) is 29.5 Å². The Hall–Kier alpha value is -0.810. The molecule has 2 rings (SSSR count). The summed E-state index contributed by atoms with van der Waals surface area (Å²) in [6.07, 6.45) is 0. The summed E-state index contributed by atoms with van der Waals surface area (Å²) in [5.74, 6) is -0.0868. The van der Waals surface area contributed by atoms with E-state index in [0.717, 1.165) is 6.07 Å². The number of rotatable bonds is 3. The van der Waals surface area contributed by atoms with Crippen molar-refractivity contribution in [2.24, 2.45) is 0 Å². The average Bonchev–Trinajstić information content (AvgIpc) is 2.38. The molecule has 0 fully saturated rings. The molecular formula is C13H8BrCl2FO2. The van der Waals surface area contributed by atoms with Crippen molar-refractivity contribution in [2.75, 3.05) is 0 Å². The van der Waals surface area contributed by atoms with Crippen LogP contribution in [0.1, 0.15) is 5.56 Å². The molecule has 0 atom stereocenters. The number of ether oxygens (including phenoxy) is 1. The van der Waals surface area contributed by atoms with Gasteiger partial charge in [-0.3, -0.25) is 0 Å². The Kier molecular flexibility index (Phi) is 4.68. The summed E-state index contributed by atoms with van der Waals surface area (Å²) in [5.41, 5.74) is 0.509. The van der Waals surface area contributed by atoms with Crippen LogP contribution in [0.3, 0.4) is 0 Å². The van der Waals surface area contributed by atoms with Crippen LogP contribution in [0.5, 0.6) is 11.5 Å². The maximum atomic E-state index is 13.4. The van der Waals surface area contributed by atoms with E-state index in [1.807, 2.05) is 0 Å². The Bertz CT molecular complexity index is 620. The Labute approximate surface area is 127 Å². The molecule has 0 aliphatic heterocycles. The van der Waals surface area contributed by atoms with Gasteiger partial charge in [0.2, 0.25) is 0 Å². The van der Waals surface area contributed by atoms with E-state index in [-0.39, 0.29) is 23.1 Å². The molecule has 1 N–H and O–H groups in total. The number of hydrogen-bond donors (Lipinski definition) is 1. The largest absolute Gasteiger partial charge is 0.454 e. The second kappa shape index (κ2) is 6.09. The molecule has 19 heavy (non-hydrogen) atoms. The lowest BCUT2D eigenvalue weighted by atomic mass is 10.2. The van der Waals surface area contributed by atoms with Gasteiger partial charge in [-0.2, -0.15) is 0 Å². The monoisotopic (exact) mass is 364 g/mol. The van der Waals surface area contributed by atoms with Crippen molar-refractivity contribution in [1.29, 1.82) is 0 Å². The highest BCUT2D eigenvalue weighted by molar-refractivity contribution is 9.10. The summed E-state index contributed by atoms with van der Waals surface area (Å²) >= 11 is 14.9. The highest BCUT2D eigenvalue weighted by atomic mass is 79.9. The van der Waals surface area contributed by atoms with Gasteiger partial charge in [0, 0.05) is 11.6 Å². The molecule has 0 aliphatic carbocycles. The van der Waals surface area contributed by atoms with Crippen LogP contribution >= 0.6 is 39.1 Å². The third-order valence-electron chi connectivity index (χ3n) is 2.41. The van der Waals surface area contributed by atoms with Gasteiger partial charge in [0.25, 0.3) is 0 Å². The van der Waals surface area contributed by atoms with E-state index in [4.69, 9.17) is 27.9 Å². The first-order valence-corrected chi connectivity index (χ1v) is 6.78. The molecule has 0 spiro atoms. The maximum Gasteiger partial charge on any atom is 0.151 e. The molecule has 2 nitrogen and oxygen atoms in total. The van der Waals surface area contributed by atoms with Crippen LogP contribution in [0.2, 0.25) is 10.0 Å². The van der Waals surface area contributed by atoms with Gasteiger partial charge < -0.3 is 9.84 Å². The minimum atomic E-state index is -0.600. The van der Waals surface area contributed by atoms with Gasteiger partial charge in [-0.1, -0.05) is 35.3 Å². The normalized spacial score (nSPS) is 10.6. The zero-order valence-electron chi connectivity index (χ0n) is 9.46. The first kappa shape index (κ1) is 14.6. The van der Waals surface area contributed by atoms with Crippen molar-refractivity contribution < 1.29 is 14.2 Å². The van der Waals surface area contributed by atoms with Gasteiger partial charge in [-0.05, 0) is 28.1 Å². The molecule has 0 aromatic heterocycles. The highest BCUT2D eigenvalue weighted by Crippen LogP contribution is 2.38. The SMILES string of the molecule is OCc1cccc(Cl)c1Oc1cc(F)c(Cl)cc1Br. The van der Waals surface area contributed by atoms with Gasteiger partial charge >= 0.3 is 0 Å². The maximum absolute atomic E-state index is 13.4. The molecule has 0 aliphatic rings. The molecule has 6 heteroatoms. The van der Waals surface area contributed by atoms with Crippen LogP contribution in [0, 0.1) is 5.82 Å². The fourth-order valence-corrected chi connectivity index (χ4v) is 2.44. The minimum Gasteiger partial charge on any atom is -0.454 e. The molecule has 2 aromatic rings. The third-order valence-corrected chi connectivity index (χ3v) is 3.61. The van der Waals surface area contributed by atoms with E-state index in [1.165, 1.54) is 6.07 Å². The standard InChI is InChI=1S/C13H8BrCl2FO2/c14-8-4-10(16)11(17)5-12(8)19-13-7(6-18)2-1-3-9(13)15/h1-5,18H,6H2. The van der Waals surface area contributed by atoms with Crippen molar-refractivity contribution in [3.05, 3.63) is 56.2 Å². The van der Waals surface area contributed by atoms with Crippen molar-refractivity contribution >= 4 is 39.1 Å².